The smallest absolute Gasteiger partial charge is 0.277 e. The average molecular weight is 354 g/mol. The fourth-order valence-corrected chi connectivity index (χ4v) is 3.04. The number of benzene rings is 1. The van der Waals surface area contributed by atoms with Gasteiger partial charge in [-0.25, -0.2) is 0 Å². The summed E-state index contributed by atoms with van der Waals surface area (Å²) in [5.41, 5.74) is 2.03. The van der Waals surface area contributed by atoms with Gasteiger partial charge in [-0.15, -0.1) is 0 Å². The molecule has 1 aromatic carbocycles. The molecule has 0 aliphatic carbocycles. The van der Waals surface area contributed by atoms with E-state index in [2.05, 4.69) is 10.4 Å². The fourth-order valence-electron chi connectivity index (χ4n) is 3.04. The molecule has 3 rings (SSSR count). The molecular formula is C19H22N4O3. The van der Waals surface area contributed by atoms with E-state index in [1.165, 1.54) is 4.57 Å². The van der Waals surface area contributed by atoms with Crippen LogP contribution in [0.4, 0.5) is 0 Å². The summed E-state index contributed by atoms with van der Waals surface area (Å²) in [5.74, 6) is 0.535. The van der Waals surface area contributed by atoms with E-state index >= 15 is 0 Å². The van der Waals surface area contributed by atoms with Crippen molar-refractivity contribution in [2.24, 2.45) is 7.05 Å². The van der Waals surface area contributed by atoms with Gasteiger partial charge in [0.2, 0.25) is 5.91 Å². The lowest BCUT2D eigenvalue weighted by Crippen LogP contribution is -2.34. The van der Waals surface area contributed by atoms with Crippen molar-refractivity contribution in [3.05, 3.63) is 58.1 Å². The van der Waals surface area contributed by atoms with Crippen LogP contribution in [0.25, 0.3) is 10.9 Å². The van der Waals surface area contributed by atoms with E-state index in [0.717, 1.165) is 22.4 Å². The van der Waals surface area contributed by atoms with E-state index in [1.54, 1.807) is 25.0 Å². The number of methoxy groups -OCH3 is 1. The normalized spacial score (nSPS) is 12.2. The number of ether oxygens (including phenoxy) is 1. The van der Waals surface area contributed by atoms with Gasteiger partial charge in [-0.2, -0.15) is 5.10 Å². The molecule has 1 N–H and O–H groups in total. The van der Waals surface area contributed by atoms with Crippen molar-refractivity contribution in [1.82, 2.24) is 19.7 Å². The Balaban J connectivity index is 1.75. The summed E-state index contributed by atoms with van der Waals surface area (Å²) in [4.78, 5) is 25.0. The number of pyridine rings is 1. The molecule has 1 amide bonds. The minimum atomic E-state index is -0.228. The first-order valence-electron chi connectivity index (χ1n) is 8.36. The molecule has 1 atom stereocenters. The molecule has 0 aliphatic heterocycles. The van der Waals surface area contributed by atoms with Crippen molar-refractivity contribution in [3.8, 4) is 5.75 Å². The molecule has 1 unspecified atom stereocenters. The van der Waals surface area contributed by atoms with Crippen LogP contribution in [0.2, 0.25) is 0 Å². The van der Waals surface area contributed by atoms with Crippen LogP contribution in [0, 0.1) is 6.92 Å². The summed E-state index contributed by atoms with van der Waals surface area (Å²) in [5, 5.41) is 7.99. The molecule has 136 valence electrons. The molecular weight excluding hydrogens is 332 g/mol. The van der Waals surface area contributed by atoms with E-state index in [9.17, 15) is 9.59 Å². The third kappa shape index (κ3) is 3.33. The Morgan fingerprint density at radius 1 is 1.27 bits per heavy atom. The highest BCUT2D eigenvalue weighted by molar-refractivity contribution is 5.81. The SMILES string of the molecule is COc1ccc(C(C)NC(=O)Cn2ccc3c(C)nn(C)c3c2=O)cc1. The molecule has 7 nitrogen and oxygen atoms in total. The second-order valence-corrected chi connectivity index (χ2v) is 6.28. The number of nitrogens with zero attached hydrogens (tertiary/aromatic N) is 3. The third-order valence-corrected chi connectivity index (χ3v) is 4.46. The summed E-state index contributed by atoms with van der Waals surface area (Å²) >= 11 is 0. The minimum absolute atomic E-state index is 0.0422. The van der Waals surface area contributed by atoms with Gasteiger partial charge in [0.05, 0.1) is 18.8 Å². The van der Waals surface area contributed by atoms with Crippen molar-refractivity contribution in [3.63, 3.8) is 0 Å². The van der Waals surface area contributed by atoms with Gasteiger partial charge in [0.25, 0.3) is 5.56 Å². The highest BCUT2D eigenvalue weighted by Crippen LogP contribution is 2.17. The molecule has 0 saturated heterocycles. The summed E-state index contributed by atoms with van der Waals surface area (Å²) in [6.07, 6.45) is 1.64. The zero-order valence-electron chi connectivity index (χ0n) is 15.3. The number of amides is 1. The first kappa shape index (κ1) is 17.7. The number of hydrogen-bond acceptors (Lipinski definition) is 4. The van der Waals surface area contributed by atoms with E-state index in [0.29, 0.717) is 5.52 Å². The zero-order chi connectivity index (χ0) is 18.8. The number of fused-ring (bicyclic) bond motifs is 1. The highest BCUT2D eigenvalue weighted by atomic mass is 16.5. The topological polar surface area (TPSA) is 78.2 Å². The van der Waals surface area contributed by atoms with E-state index in [-0.39, 0.29) is 24.1 Å². The summed E-state index contributed by atoms with van der Waals surface area (Å²) < 4.78 is 8.10. The molecule has 0 spiro atoms. The monoisotopic (exact) mass is 354 g/mol. The van der Waals surface area contributed by atoms with Crippen molar-refractivity contribution in [1.29, 1.82) is 0 Å². The Kier molecular flexibility index (Phi) is 4.79. The molecule has 0 bridgehead atoms. The maximum Gasteiger partial charge on any atom is 0.277 e. The summed E-state index contributed by atoms with van der Waals surface area (Å²) in [7, 11) is 3.34. The van der Waals surface area contributed by atoms with Crippen molar-refractivity contribution in [2.75, 3.05) is 7.11 Å². The lowest BCUT2D eigenvalue weighted by Gasteiger charge is -2.15. The lowest BCUT2D eigenvalue weighted by molar-refractivity contribution is -0.122. The fraction of sp³-hybridized carbons (Fsp3) is 0.316. The molecule has 0 aliphatic rings. The molecule has 0 saturated carbocycles. The van der Waals surface area contributed by atoms with E-state index < -0.39 is 0 Å². The maximum absolute atomic E-state index is 12.6. The number of aromatic nitrogens is 3. The maximum atomic E-state index is 12.6. The standard InChI is InChI=1S/C19H22N4O3/c1-12(14-5-7-15(26-4)8-6-14)20-17(24)11-23-10-9-16-13(2)21-22(3)18(16)19(23)25/h5-10,12H,11H2,1-4H3,(H,20,24). The van der Waals surface area contributed by atoms with Gasteiger partial charge < -0.3 is 14.6 Å². The summed E-state index contributed by atoms with van der Waals surface area (Å²) in [6, 6.07) is 9.15. The van der Waals surface area contributed by atoms with Crippen LogP contribution < -0.4 is 15.6 Å². The van der Waals surface area contributed by atoms with Gasteiger partial charge in [-0.3, -0.25) is 14.3 Å². The molecule has 0 radical (unpaired) electrons. The van der Waals surface area contributed by atoms with Gasteiger partial charge in [-0.1, -0.05) is 12.1 Å². The number of aryl methyl sites for hydroxylation is 2. The van der Waals surface area contributed by atoms with Crippen LogP contribution >= 0.6 is 0 Å². The molecule has 2 heterocycles. The van der Waals surface area contributed by atoms with Gasteiger partial charge in [0.15, 0.2) is 0 Å². The predicted octanol–water partition coefficient (Wildman–Crippen LogP) is 1.93. The third-order valence-electron chi connectivity index (χ3n) is 4.46. The zero-order valence-corrected chi connectivity index (χ0v) is 15.3. The summed E-state index contributed by atoms with van der Waals surface area (Å²) in [6.45, 7) is 3.71. The Labute approximate surface area is 151 Å². The van der Waals surface area contributed by atoms with Crippen LogP contribution in [0.1, 0.15) is 24.2 Å². The molecule has 2 aromatic heterocycles. The second kappa shape index (κ2) is 7.03. The van der Waals surface area contributed by atoms with Crippen molar-refractivity contribution < 1.29 is 9.53 Å². The average Bonchev–Trinajstić information content (AvgIpc) is 2.91. The van der Waals surface area contributed by atoms with E-state index in [1.807, 2.05) is 44.2 Å². The first-order chi connectivity index (χ1) is 12.4. The number of rotatable bonds is 5. The van der Waals surface area contributed by atoms with Gasteiger partial charge in [0.1, 0.15) is 17.8 Å². The van der Waals surface area contributed by atoms with Crippen molar-refractivity contribution in [2.45, 2.75) is 26.4 Å². The number of carbonyl (C=O) groups is 1. The Morgan fingerprint density at radius 2 is 1.96 bits per heavy atom. The van der Waals surface area contributed by atoms with Gasteiger partial charge >= 0.3 is 0 Å². The highest BCUT2D eigenvalue weighted by Gasteiger charge is 2.14. The number of carbonyl (C=O) groups excluding carboxylic acids is 1. The van der Waals surface area contributed by atoms with Gasteiger partial charge in [0, 0.05) is 18.6 Å². The molecule has 7 heteroatoms. The lowest BCUT2D eigenvalue weighted by atomic mass is 10.1. The molecule has 26 heavy (non-hydrogen) atoms. The van der Waals surface area contributed by atoms with Gasteiger partial charge in [-0.05, 0) is 37.6 Å². The molecule has 3 aromatic rings. The number of hydrogen-bond donors (Lipinski definition) is 1. The Hall–Kier alpha value is -3.09. The van der Waals surface area contributed by atoms with Crippen LogP contribution in [-0.2, 0) is 18.4 Å². The van der Waals surface area contributed by atoms with E-state index in [4.69, 9.17) is 4.74 Å². The van der Waals surface area contributed by atoms with Crippen LogP contribution in [0.15, 0.2) is 41.3 Å². The predicted molar refractivity (Wildman–Crippen MR) is 99.3 cm³/mol. The Bertz CT molecular complexity index is 1000. The van der Waals surface area contributed by atoms with Crippen LogP contribution in [0.5, 0.6) is 5.75 Å². The largest absolute Gasteiger partial charge is 0.497 e. The van der Waals surface area contributed by atoms with Crippen molar-refractivity contribution >= 4 is 16.8 Å². The second-order valence-electron chi connectivity index (χ2n) is 6.28. The minimum Gasteiger partial charge on any atom is -0.497 e. The number of nitrogens with one attached hydrogen (secondary N) is 1. The Morgan fingerprint density at radius 3 is 2.62 bits per heavy atom. The first-order valence-corrected chi connectivity index (χ1v) is 8.36. The van der Waals surface area contributed by atoms with Crippen LogP contribution in [-0.4, -0.2) is 27.4 Å². The molecule has 0 fully saturated rings. The quantitative estimate of drug-likeness (QED) is 0.759. The van der Waals surface area contributed by atoms with Crippen LogP contribution in [0.3, 0.4) is 0 Å².